The molecule has 0 bridgehead atoms. The minimum atomic E-state index is -1.26. The maximum absolute atomic E-state index is 12.2. The SMILES string of the molecule is CCON=CCc1ccc(Cc2cc([C@@H]3O[C@H](COC(C)=O)[C@@H](OC(C)=O)[C@H](OC(C)=O)[C@H]3OC(C)=O)ccc2Cl)cc1. The van der Waals surface area contributed by atoms with Crippen LogP contribution in [-0.2, 0) is 60.5 Å². The monoisotopic (exact) mass is 617 g/mol. The van der Waals surface area contributed by atoms with E-state index in [-0.39, 0.29) is 6.61 Å². The predicted molar refractivity (Wildman–Crippen MR) is 155 cm³/mol. The Balaban J connectivity index is 1.96. The van der Waals surface area contributed by atoms with Gasteiger partial charge in [-0.15, -0.1) is 0 Å². The molecule has 0 unspecified atom stereocenters. The molecule has 12 heteroatoms. The maximum Gasteiger partial charge on any atom is 0.303 e. The Morgan fingerprint density at radius 1 is 0.837 bits per heavy atom. The van der Waals surface area contributed by atoms with E-state index in [2.05, 4.69) is 5.16 Å². The van der Waals surface area contributed by atoms with Gasteiger partial charge in [0.1, 0.15) is 25.4 Å². The van der Waals surface area contributed by atoms with Gasteiger partial charge in [0.15, 0.2) is 18.3 Å². The van der Waals surface area contributed by atoms with Crippen LogP contribution in [0.4, 0.5) is 0 Å². The Bertz CT molecular complexity index is 1310. The molecule has 0 radical (unpaired) electrons. The van der Waals surface area contributed by atoms with Gasteiger partial charge < -0.3 is 28.5 Å². The summed E-state index contributed by atoms with van der Waals surface area (Å²) in [5.74, 6) is -2.65. The first-order valence-electron chi connectivity index (χ1n) is 13.8. The van der Waals surface area contributed by atoms with Crippen molar-refractivity contribution in [2.24, 2.45) is 5.16 Å². The fourth-order valence-electron chi connectivity index (χ4n) is 4.69. The van der Waals surface area contributed by atoms with Gasteiger partial charge in [-0.25, -0.2) is 0 Å². The summed E-state index contributed by atoms with van der Waals surface area (Å²) in [5.41, 5.74) is 3.37. The fraction of sp³-hybridized carbons (Fsp3) is 0.452. The van der Waals surface area contributed by atoms with E-state index >= 15 is 0 Å². The third-order valence-electron chi connectivity index (χ3n) is 6.41. The molecule has 0 amide bonds. The summed E-state index contributed by atoms with van der Waals surface area (Å²) < 4.78 is 28.1. The van der Waals surface area contributed by atoms with E-state index in [0.29, 0.717) is 30.0 Å². The van der Waals surface area contributed by atoms with Crippen molar-refractivity contribution in [2.75, 3.05) is 13.2 Å². The van der Waals surface area contributed by atoms with Crippen LogP contribution in [0.1, 0.15) is 63.0 Å². The summed E-state index contributed by atoms with van der Waals surface area (Å²) in [7, 11) is 0. The molecule has 3 rings (SSSR count). The number of halogens is 1. The molecule has 43 heavy (non-hydrogen) atoms. The van der Waals surface area contributed by atoms with Gasteiger partial charge in [0.2, 0.25) is 0 Å². The molecule has 5 atom stereocenters. The molecule has 0 N–H and O–H groups in total. The number of benzene rings is 2. The van der Waals surface area contributed by atoms with E-state index in [4.69, 9.17) is 40.1 Å². The average molecular weight is 618 g/mol. The Morgan fingerprint density at radius 3 is 2.05 bits per heavy atom. The molecular weight excluding hydrogens is 582 g/mol. The van der Waals surface area contributed by atoms with E-state index in [1.54, 1.807) is 18.3 Å². The predicted octanol–water partition coefficient (Wildman–Crippen LogP) is 4.29. The second-order valence-corrected chi connectivity index (χ2v) is 10.3. The van der Waals surface area contributed by atoms with Crippen molar-refractivity contribution in [3.05, 3.63) is 69.7 Å². The molecule has 11 nitrogen and oxygen atoms in total. The van der Waals surface area contributed by atoms with Crippen molar-refractivity contribution < 1.29 is 47.7 Å². The van der Waals surface area contributed by atoms with Crippen LogP contribution < -0.4 is 0 Å². The highest BCUT2D eigenvalue weighted by Gasteiger charge is 2.52. The summed E-state index contributed by atoms with van der Waals surface area (Å²) in [6.07, 6.45) is -2.94. The van der Waals surface area contributed by atoms with Crippen molar-refractivity contribution in [3.63, 3.8) is 0 Å². The normalized spacial score (nSPS) is 21.6. The van der Waals surface area contributed by atoms with Gasteiger partial charge in [-0.05, 0) is 41.7 Å². The average Bonchev–Trinajstić information content (AvgIpc) is 2.93. The number of hydrogen-bond acceptors (Lipinski definition) is 11. The Morgan fingerprint density at radius 2 is 1.44 bits per heavy atom. The van der Waals surface area contributed by atoms with E-state index < -0.39 is 54.4 Å². The molecular formula is C31H36ClNO10. The number of ether oxygens (including phenoxy) is 5. The zero-order chi connectivity index (χ0) is 31.5. The molecule has 1 fully saturated rings. The fourth-order valence-corrected chi connectivity index (χ4v) is 4.87. The summed E-state index contributed by atoms with van der Waals surface area (Å²) in [5, 5.41) is 4.37. The highest BCUT2D eigenvalue weighted by molar-refractivity contribution is 6.31. The molecule has 0 spiro atoms. The number of nitrogens with zero attached hydrogens (tertiary/aromatic N) is 1. The first-order valence-corrected chi connectivity index (χ1v) is 14.2. The summed E-state index contributed by atoms with van der Waals surface area (Å²) in [4.78, 5) is 53.0. The molecule has 1 saturated heterocycles. The Hall–Kier alpha value is -3.96. The molecule has 232 valence electrons. The lowest BCUT2D eigenvalue weighted by atomic mass is 9.89. The van der Waals surface area contributed by atoms with E-state index in [0.717, 1.165) is 16.7 Å². The summed E-state index contributed by atoms with van der Waals surface area (Å²) >= 11 is 6.58. The Kier molecular flexibility index (Phi) is 12.5. The minimum absolute atomic E-state index is 0.309. The Labute approximate surface area is 255 Å². The van der Waals surface area contributed by atoms with Gasteiger partial charge in [0, 0.05) is 45.4 Å². The number of carbonyl (C=O) groups is 4. The number of hydrogen-bond donors (Lipinski definition) is 0. The molecule has 1 aliphatic heterocycles. The lowest BCUT2D eigenvalue weighted by molar-refractivity contribution is -0.254. The molecule has 0 aliphatic carbocycles. The molecule has 1 heterocycles. The number of rotatable bonds is 12. The summed E-state index contributed by atoms with van der Waals surface area (Å²) in [6.45, 7) is 6.84. The zero-order valence-electron chi connectivity index (χ0n) is 24.7. The molecule has 2 aromatic carbocycles. The van der Waals surface area contributed by atoms with Crippen molar-refractivity contribution in [1.82, 2.24) is 0 Å². The highest BCUT2D eigenvalue weighted by Crippen LogP contribution is 2.39. The van der Waals surface area contributed by atoms with Gasteiger partial charge in [0.25, 0.3) is 0 Å². The lowest BCUT2D eigenvalue weighted by Gasteiger charge is -2.44. The lowest BCUT2D eigenvalue weighted by Crippen LogP contribution is -2.59. The third kappa shape index (κ3) is 10.1. The largest absolute Gasteiger partial charge is 0.463 e. The molecule has 1 aliphatic rings. The van der Waals surface area contributed by atoms with E-state index in [1.165, 1.54) is 27.7 Å². The van der Waals surface area contributed by atoms with Gasteiger partial charge in [0.05, 0.1) is 0 Å². The second-order valence-electron chi connectivity index (χ2n) is 9.87. The van der Waals surface area contributed by atoms with Crippen molar-refractivity contribution >= 4 is 41.7 Å². The van der Waals surface area contributed by atoms with Crippen LogP contribution in [0.2, 0.25) is 5.02 Å². The zero-order valence-corrected chi connectivity index (χ0v) is 25.5. The minimum Gasteiger partial charge on any atom is -0.463 e. The van der Waals surface area contributed by atoms with Crippen LogP contribution in [0.5, 0.6) is 0 Å². The van der Waals surface area contributed by atoms with Gasteiger partial charge in [-0.2, -0.15) is 0 Å². The topological polar surface area (TPSA) is 136 Å². The first-order chi connectivity index (χ1) is 20.5. The van der Waals surface area contributed by atoms with Crippen LogP contribution >= 0.6 is 11.6 Å². The number of oxime groups is 1. The van der Waals surface area contributed by atoms with Crippen LogP contribution in [0.3, 0.4) is 0 Å². The molecule has 0 aromatic heterocycles. The molecule has 2 aromatic rings. The number of carbonyl (C=O) groups excluding carboxylic acids is 4. The maximum atomic E-state index is 12.2. The van der Waals surface area contributed by atoms with Crippen LogP contribution in [-0.4, -0.2) is 67.7 Å². The van der Waals surface area contributed by atoms with Gasteiger partial charge in [-0.3, -0.25) is 19.2 Å². The summed E-state index contributed by atoms with van der Waals surface area (Å²) in [6, 6.07) is 13.2. The van der Waals surface area contributed by atoms with Crippen molar-refractivity contribution in [1.29, 1.82) is 0 Å². The molecule has 0 saturated carbocycles. The smallest absolute Gasteiger partial charge is 0.303 e. The van der Waals surface area contributed by atoms with Gasteiger partial charge >= 0.3 is 23.9 Å². The van der Waals surface area contributed by atoms with Crippen LogP contribution in [0.25, 0.3) is 0 Å². The quantitative estimate of drug-likeness (QED) is 0.147. The van der Waals surface area contributed by atoms with Crippen LogP contribution in [0, 0.1) is 0 Å². The van der Waals surface area contributed by atoms with Crippen molar-refractivity contribution in [2.45, 2.75) is 78.0 Å². The standard InChI is InChI=1S/C31H36ClNO10/c1-6-39-33-14-13-22-7-9-23(10-8-22)15-25-16-24(11-12-26(25)32)28-30(41-20(4)36)31(42-21(5)37)29(40-19(3)35)27(43-28)17-38-18(2)34/h7-12,14,16,27-31H,6,13,15,17H2,1-5H3/t27-,28+,29-,30+,31+/m1/s1. The third-order valence-corrected chi connectivity index (χ3v) is 6.78. The number of esters is 4. The second kappa shape index (κ2) is 16.0. The van der Waals surface area contributed by atoms with E-state index in [9.17, 15) is 19.2 Å². The van der Waals surface area contributed by atoms with Crippen molar-refractivity contribution in [3.8, 4) is 0 Å². The highest BCUT2D eigenvalue weighted by atomic mass is 35.5. The first kappa shape index (κ1) is 33.5. The van der Waals surface area contributed by atoms with E-state index in [1.807, 2.05) is 37.3 Å². The van der Waals surface area contributed by atoms with Crippen LogP contribution in [0.15, 0.2) is 47.6 Å². The van der Waals surface area contributed by atoms with Gasteiger partial charge in [-0.1, -0.05) is 53.2 Å².